The van der Waals surface area contributed by atoms with Crippen molar-refractivity contribution < 1.29 is 4.79 Å². The summed E-state index contributed by atoms with van der Waals surface area (Å²) < 4.78 is 3.24. The first kappa shape index (κ1) is 17.3. The minimum absolute atomic E-state index is 0.0611. The summed E-state index contributed by atoms with van der Waals surface area (Å²) in [6.45, 7) is 4.24. The van der Waals surface area contributed by atoms with Gasteiger partial charge in [-0.25, -0.2) is 4.79 Å². The molecule has 2 fully saturated rings. The lowest BCUT2D eigenvalue weighted by molar-refractivity contribution is -0.147. The van der Waals surface area contributed by atoms with E-state index >= 15 is 0 Å². The highest BCUT2D eigenvalue weighted by atomic mass is 16.2. The number of likely N-dealkylation sites (N-methyl/N-ethyl adjacent to an activating group) is 1. The molecule has 1 aromatic heterocycles. The van der Waals surface area contributed by atoms with Crippen molar-refractivity contribution in [3.8, 4) is 0 Å². The molecule has 2 aliphatic heterocycles. The smallest absolute Gasteiger partial charge is 0.329 e. The van der Waals surface area contributed by atoms with Crippen LogP contribution in [0.5, 0.6) is 0 Å². The van der Waals surface area contributed by atoms with E-state index in [1.165, 1.54) is 0 Å². The number of nitrogens with zero attached hydrogens (tertiary/aromatic N) is 4. The predicted octanol–water partition coefficient (Wildman–Crippen LogP) is 1.82. The van der Waals surface area contributed by atoms with Gasteiger partial charge in [-0.05, 0) is 58.3 Å². The van der Waals surface area contributed by atoms with E-state index < -0.39 is 0 Å². The van der Waals surface area contributed by atoms with Crippen LogP contribution < -0.4 is 5.69 Å². The topological polar surface area (TPSA) is 50.5 Å². The molecule has 26 heavy (non-hydrogen) atoms. The largest absolute Gasteiger partial charge is 0.334 e. The Morgan fingerprint density at radius 1 is 1.15 bits per heavy atom. The van der Waals surface area contributed by atoms with Crippen LogP contribution in [0.2, 0.25) is 0 Å². The lowest BCUT2D eigenvalue weighted by atomic mass is 9.76. The molecule has 0 aliphatic carbocycles. The SMILES string of the molecule is CN1CCC[C@@]2(C)[C@@H]1CCCN2C(=O)Cn1c(=O)n(C)c2ccccc21. The molecule has 0 N–H and O–H groups in total. The summed E-state index contributed by atoms with van der Waals surface area (Å²) in [4.78, 5) is 30.4. The molecule has 6 heteroatoms. The molecule has 2 saturated heterocycles. The number of likely N-dealkylation sites (tertiary alicyclic amines) is 2. The molecule has 0 saturated carbocycles. The van der Waals surface area contributed by atoms with Crippen LogP contribution in [0, 0.1) is 0 Å². The van der Waals surface area contributed by atoms with Crippen LogP contribution in [0.3, 0.4) is 0 Å². The third-order valence-corrected chi connectivity index (χ3v) is 6.57. The minimum Gasteiger partial charge on any atom is -0.334 e. The van der Waals surface area contributed by atoms with Crippen LogP contribution >= 0.6 is 0 Å². The number of hydrogen-bond acceptors (Lipinski definition) is 3. The van der Waals surface area contributed by atoms with Crippen LogP contribution in [-0.2, 0) is 18.4 Å². The van der Waals surface area contributed by atoms with E-state index in [0.717, 1.165) is 49.8 Å². The molecule has 4 rings (SSSR count). The molecular formula is C20H28N4O2. The van der Waals surface area contributed by atoms with Crippen molar-refractivity contribution in [3.63, 3.8) is 0 Å². The Morgan fingerprint density at radius 3 is 2.65 bits per heavy atom. The number of fused-ring (bicyclic) bond motifs is 2. The molecule has 2 atom stereocenters. The van der Waals surface area contributed by atoms with Crippen molar-refractivity contribution in [1.29, 1.82) is 0 Å². The zero-order valence-electron chi connectivity index (χ0n) is 15.9. The van der Waals surface area contributed by atoms with Gasteiger partial charge in [0, 0.05) is 19.6 Å². The number of aromatic nitrogens is 2. The molecular weight excluding hydrogens is 328 g/mol. The van der Waals surface area contributed by atoms with Gasteiger partial charge in [0.15, 0.2) is 0 Å². The van der Waals surface area contributed by atoms with Gasteiger partial charge >= 0.3 is 5.69 Å². The zero-order chi connectivity index (χ0) is 18.5. The van der Waals surface area contributed by atoms with Gasteiger partial charge in [0.1, 0.15) is 6.54 Å². The highest BCUT2D eigenvalue weighted by Gasteiger charge is 2.47. The first-order chi connectivity index (χ1) is 12.4. The molecule has 3 heterocycles. The molecule has 1 aromatic carbocycles. The van der Waals surface area contributed by atoms with Crippen molar-refractivity contribution in [2.75, 3.05) is 20.1 Å². The van der Waals surface area contributed by atoms with Gasteiger partial charge in [0.2, 0.25) is 5.91 Å². The predicted molar refractivity (Wildman–Crippen MR) is 102 cm³/mol. The second-order valence-corrected chi connectivity index (χ2v) is 8.06. The second-order valence-electron chi connectivity index (χ2n) is 8.06. The summed E-state index contributed by atoms with van der Waals surface area (Å²) in [5.74, 6) is 0.0611. The van der Waals surface area contributed by atoms with Gasteiger partial charge in [-0.15, -0.1) is 0 Å². The van der Waals surface area contributed by atoms with Crippen molar-refractivity contribution in [1.82, 2.24) is 18.9 Å². The number of benzene rings is 1. The summed E-state index contributed by atoms with van der Waals surface area (Å²) in [5, 5.41) is 0. The van der Waals surface area contributed by atoms with E-state index in [-0.39, 0.29) is 23.7 Å². The Labute approximate surface area is 154 Å². The quantitative estimate of drug-likeness (QED) is 0.825. The van der Waals surface area contributed by atoms with Gasteiger partial charge in [-0.2, -0.15) is 0 Å². The fourth-order valence-corrected chi connectivity index (χ4v) is 5.17. The second kappa shape index (κ2) is 6.27. The third kappa shape index (κ3) is 2.50. The third-order valence-electron chi connectivity index (χ3n) is 6.57. The number of piperidine rings is 2. The van der Waals surface area contributed by atoms with E-state index in [9.17, 15) is 9.59 Å². The average Bonchev–Trinajstić information content (AvgIpc) is 2.86. The number of carbonyl (C=O) groups excluding carboxylic acids is 1. The lowest BCUT2D eigenvalue weighted by Gasteiger charge is -2.56. The molecule has 0 unspecified atom stereocenters. The minimum atomic E-state index is -0.128. The molecule has 1 amide bonds. The van der Waals surface area contributed by atoms with Crippen molar-refractivity contribution in [2.24, 2.45) is 7.05 Å². The monoisotopic (exact) mass is 356 g/mol. The molecule has 0 spiro atoms. The molecule has 6 nitrogen and oxygen atoms in total. The maximum Gasteiger partial charge on any atom is 0.329 e. The number of hydrogen-bond donors (Lipinski definition) is 0. The normalized spacial score (nSPS) is 26.9. The van der Waals surface area contributed by atoms with E-state index in [4.69, 9.17) is 0 Å². The van der Waals surface area contributed by atoms with Crippen LogP contribution in [0.4, 0.5) is 0 Å². The van der Waals surface area contributed by atoms with Gasteiger partial charge in [-0.1, -0.05) is 12.1 Å². The van der Waals surface area contributed by atoms with E-state index in [0.29, 0.717) is 6.04 Å². The number of imidazole rings is 1. The van der Waals surface area contributed by atoms with Gasteiger partial charge < -0.3 is 9.80 Å². The fraction of sp³-hybridized carbons (Fsp3) is 0.600. The maximum atomic E-state index is 13.3. The van der Waals surface area contributed by atoms with E-state index in [1.807, 2.05) is 24.3 Å². The molecule has 2 aromatic rings. The molecule has 140 valence electrons. The Morgan fingerprint density at radius 2 is 1.88 bits per heavy atom. The van der Waals surface area contributed by atoms with Gasteiger partial charge in [-0.3, -0.25) is 13.9 Å². The standard InChI is InChI=1S/C20H28N4O2/c1-20-11-7-12-21(2)17(20)10-6-13-24(20)18(25)14-23-16-9-5-4-8-15(16)22(3)19(23)26/h4-5,8-9,17H,6-7,10-14H2,1-3H3/t17-,20-/m0/s1. The van der Waals surface area contributed by atoms with E-state index in [1.54, 1.807) is 16.2 Å². The average molecular weight is 356 g/mol. The summed E-state index contributed by atoms with van der Waals surface area (Å²) in [6.07, 6.45) is 4.32. The fourth-order valence-electron chi connectivity index (χ4n) is 5.17. The van der Waals surface area contributed by atoms with Crippen LogP contribution in [0.25, 0.3) is 11.0 Å². The maximum absolute atomic E-state index is 13.3. The van der Waals surface area contributed by atoms with Gasteiger partial charge in [0.05, 0.1) is 16.6 Å². The molecule has 0 bridgehead atoms. The van der Waals surface area contributed by atoms with E-state index in [2.05, 4.69) is 23.8 Å². The number of rotatable bonds is 2. The van der Waals surface area contributed by atoms with Gasteiger partial charge in [0.25, 0.3) is 0 Å². The highest BCUT2D eigenvalue weighted by Crippen LogP contribution is 2.38. The van der Waals surface area contributed by atoms with Crippen LogP contribution in [0.15, 0.2) is 29.1 Å². The summed E-state index contributed by atoms with van der Waals surface area (Å²) >= 11 is 0. The van der Waals surface area contributed by atoms with Crippen molar-refractivity contribution >= 4 is 16.9 Å². The van der Waals surface area contributed by atoms with Crippen LogP contribution in [-0.4, -0.2) is 56.6 Å². The number of para-hydroxylation sites is 2. The van der Waals surface area contributed by atoms with Crippen LogP contribution in [0.1, 0.15) is 32.6 Å². The Bertz CT molecular complexity index is 899. The number of amides is 1. The van der Waals surface area contributed by atoms with Crippen molar-refractivity contribution in [2.45, 2.75) is 50.7 Å². The Balaban J connectivity index is 1.67. The first-order valence-electron chi connectivity index (χ1n) is 9.58. The summed E-state index contributed by atoms with van der Waals surface area (Å²) in [6, 6.07) is 8.09. The summed E-state index contributed by atoms with van der Waals surface area (Å²) in [7, 11) is 3.94. The van der Waals surface area contributed by atoms with Crippen molar-refractivity contribution in [3.05, 3.63) is 34.7 Å². The Kier molecular flexibility index (Phi) is 4.18. The number of aryl methyl sites for hydroxylation is 1. The highest BCUT2D eigenvalue weighted by molar-refractivity contribution is 5.81. The lowest BCUT2D eigenvalue weighted by Crippen LogP contribution is -2.67. The number of carbonyl (C=O) groups is 1. The molecule has 2 aliphatic rings. The zero-order valence-corrected chi connectivity index (χ0v) is 15.9. The summed E-state index contributed by atoms with van der Waals surface area (Å²) in [5.41, 5.74) is 1.44. The molecule has 0 radical (unpaired) electrons. The Hall–Kier alpha value is -2.08. The first-order valence-corrected chi connectivity index (χ1v) is 9.58.